The number of aliphatic hydroxyl groups excluding tert-OH is 1. The Morgan fingerprint density at radius 1 is 1.05 bits per heavy atom. The average Bonchev–Trinajstić information content (AvgIpc) is 2.32. The van der Waals surface area contributed by atoms with Gasteiger partial charge in [0.05, 0.1) is 6.10 Å². The number of likely N-dealkylation sites (tertiary alicyclic amines) is 1. The largest absolute Gasteiger partial charge is 0.393 e. The second-order valence-corrected chi connectivity index (χ2v) is 7.46. The summed E-state index contributed by atoms with van der Waals surface area (Å²) in [6, 6.07) is 0. The lowest BCUT2D eigenvalue weighted by Gasteiger charge is -2.40. The van der Waals surface area contributed by atoms with Crippen LogP contribution in [0.5, 0.6) is 0 Å². The van der Waals surface area contributed by atoms with Crippen molar-refractivity contribution in [2.45, 2.75) is 65.4 Å². The molecule has 0 aromatic heterocycles. The van der Waals surface area contributed by atoms with Gasteiger partial charge in [0.25, 0.3) is 0 Å². The number of hydrogen-bond acceptors (Lipinski definition) is 2. The molecule has 5 unspecified atom stereocenters. The van der Waals surface area contributed by atoms with Gasteiger partial charge in [0.1, 0.15) is 0 Å². The summed E-state index contributed by atoms with van der Waals surface area (Å²) in [6.07, 6.45) is 7.53. The average molecular weight is 267 g/mol. The normalized spacial score (nSPS) is 41.4. The smallest absolute Gasteiger partial charge is 0.0580 e. The predicted molar refractivity (Wildman–Crippen MR) is 81.1 cm³/mol. The first kappa shape index (κ1) is 15.3. The fraction of sp³-hybridized carbons (Fsp3) is 1.00. The van der Waals surface area contributed by atoms with Crippen LogP contribution in [-0.2, 0) is 0 Å². The van der Waals surface area contributed by atoms with Gasteiger partial charge in [0, 0.05) is 19.6 Å². The Hall–Kier alpha value is -0.0800. The molecule has 1 N–H and O–H groups in total. The molecular formula is C17H33NO. The highest BCUT2D eigenvalue weighted by Gasteiger charge is 2.31. The third kappa shape index (κ3) is 4.46. The van der Waals surface area contributed by atoms with Crippen LogP contribution in [0.3, 0.4) is 0 Å². The maximum atomic E-state index is 10.3. The van der Waals surface area contributed by atoms with Crippen LogP contribution in [0.15, 0.2) is 0 Å². The summed E-state index contributed by atoms with van der Waals surface area (Å²) in [4.78, 5) is 2.63. The van der Waals surface area contributed by atoms with Gasteiger partial charge in [0.2, 0.25) is 0 Å². The Kier molecular flexibility index (Phi) is 5.70. The van der Waals surface area contributed by atoms with Crippen LogP contribution >= 0.6 is 0 Å². The van der Waals surface area contributed by atoms with E-state index in [1.165, 1.54) is 45.2 Å². The first-order valence-electron chi connectivity index (χ1n) is 8.48. The molecule has 1 heterocycles. The predicted octanol–water partition coefficient (Wildman–Crippen LogP) is 3.54. The third-order valence-corrected chi connectivity index (χ3v) is 5.19. The standard InChI is InChI=1S/C17H33NO/c1-4-5-15-6-7-17(19)16(9-15)12-18-10-13(2)8-14(3)11-18/h13-17,19H,4-12H2,1-3H3. The number of nitrogens with zero attached hydrogens (tertiary/aromatic N) is 1. The molecule has 2 nitrogen and oxygen atoms in total. The molecular weight excluding hydrogens is 234 g/mol. The van der Waals surface area contributed by atoms with Gasteiger partial charge >= 0.3 is 0 Å². The van der Waals surface area contributed by atoms with Gasteiger partial charge < -0.3 is 10.0 Å². The Balaban J connectivity index is 1.85. The molecule has 112 valence electrons. The van der Waals surface area contributed by atoms with Crippen LogP contribution < -0.4 is 0 Å². The van der Waals surface area contributed by atoms with Crippen molar-refractivity contribution >= 4 is 0 Å². The molecule has 2 rings (SSSR count). The number of aliphatic hydroxyl groups is 1. The highest BCUT2D eigenvalue weighted by atomic mass is 16.3. The summed E-state index contributed by atoms with van der Waals surface area (Å²) in [7, 11) is 0. The monoisotopic (exact) mass is 267 g/mol. The highest BCUT2D eigenvalue weighted by molar-refractivity contribution is 4.84. The van der Waals surface area contributed by atoms with Crippen LogP contribution in [0.1, 0.15) is 59.3 Å². The van der Waals surface area contributed by atoms with E-state index in [1.54, 1.807) is 0 Å². The number of hydrogen-bond donors (Lipinski definition) is 1. The highest BCUT2D eigenvalue weighted by Crippen LogP contribution is 2.33. The van der Waals surface area contributed by atoms with Crippen molar-refractivity contribution in [2.24, 2.45) is 23.7 Å². The molecule has 0 spiro atoms. The van der Waals surface area contributed by atoms with Crippen LogP contribution in [0.2, 0.25) is 0 Å². The summed E-state index contributed by atoms with van der Waals surface area (Å²) < 4.78 is 0. The topological polar surface area (TPSA) is 23.5 Å². The minimum absolute atomic E-state index is 0.0411. The van der Waals surface area contributed by atoms with Gasteiger partial charge in [0.15, 0.2) is 0 Å². The van der Waals surface area contributed by atoms with Crippen molar-refractivity contribution < 1.29 is 5.11 Å². The fourth-order valence-corrected chi connectivity index (χ4v) is 4.48. The van der Waals surface area contributed by atoms with E-state index in [4.69, 9.17) is 0 Å². The van der Waals surface area contributed by atoms with Crippen LogP contribution in [0.25, 0.3) is 0 Å². The SMILES string of the molecule is CCCC1CCC(O)C(CN2CC(C)CC(C)C2)C1. The number of rotatable bonds is 4. The van der Waals surface area contributed by atoms with Crippen molar-refractivity contribution in [1.82, 2.24) is 4.90 Å². The zero-order valence-electron chi connectivity index (χ0n) is 13.1. The summed E-state index contributed by atoms with van der Waals surface area (Å²) in [6.45, 7) is 10.7. The van der Waals surface area contributed by atoms with E-state index >= 15 is 0 Å². The lowest BCUT2D eigenvalue weighted by molar-refractivity contribution is 0.0129. The van der Waals surface area contributed by atoms with E-state index < -0.39 is 0 Å². The molecule has 0 radical (unpaired) electrons. The lowest BCUT2D eigenvalue weighted by Crippen LogP contribution is -2.45. The fourth-order valence-electron chi connectivity index (χ4n) is 4.48. The molecule has 1 aliphatic carbocycles. The van der Waals surface area contributed by atoms with Crippen molar-refractivity contribution in [2.75, 3.05) is 19.6 Å². The van der Waals surface area contributed by atoms with E-state index in [2.05, 4.69) is 25.7 Å². The van der Waals surface area contributed by atoms with Crippen molar-refractivity contribution in [3.63, 3.8) is 0 Å². The first-order chi connectivity index (χ1) is 9.08. The Bertz CT molecular complexity index is 258. The molecule has 1 aliphatic heterocycles. The van der Waals surface area contributed by atoms with E-state index in [0.717, 1.165) is 30.7 Å². The third-order valence-electron chi connectivity index (χ3n) is 5.19. The van der Waals surface area contributed by atoms with Crippen LogP contribution in [0, 0.1) is 23.7 Å². The van der Waals surface area contributed by atoms with E-state index in [1.807, 2.05) is 0 Å². The molecule has 5 atom stereocenters. The van der Waals surface area contributed by atoms with Gasteiger partial charge in [-0.05, 0) is 49.4 Å². The lowest BCUT2D eigenvalue weighted by atomic mass is 9.77. The Morgan fingerprint density at radius 3 is 2.37 bits per heavy atom. The van der Waals surface area contributed by atoms with Crippen LogP contribution in [0.4, 0.5) is 0 Å². The van der Waals surface area contributed by atoms with Crippen molar-refractivity contribution in [1.29, 1.82) is 0 Å². The minimum atomic E-state index is -0.0411. The maximum Gasteiger partial charge on any atom is 0.0580 e. The molecule has 1 saturated carbocycles. The summed E-state index contributed by atoms with van der Waals surface area (Å²) >= 11 is 0. The second kappa shape index (κ2) is 7.08. The van der Waals surface area contributed by atoms with E-state index in [-0.39, 0.29) is 6.10 Å². The molecule has 2 heteroatoms. The van der Waals surface area contributed by atoms with Gasteiger partial charge in [-0.1, -0.05) is 33.6 Å². The minimum Gasteiger partial charge on any atom is -0.393 e. The maximum absolute atomic E-state index is 10.3. The van der Waals surface area contributed by atoms with Gasteiger partial charge in [-0.2, -0.15) is 0 Å². The molecule has 0 aromatic rings. The molecule has 19 heavy (non-hydrogen) atoms. The van der Waals surface area contributed by atoms with Crippen LogP contribution in [-0.4, -0.2) is 35.7 Å². The summed E-state index contributed by atoms with van der Waals surface area (Å²) in [5.41, 5.74) is 0. The Labute approximate surface area is 119 Å². The molecule has 0 amide bonds. The molecule has 2 fully saturated rings. The first-order valence-corrected chi connectivity index (χ1v) is 8.48. The second-order valence-electron chi connectivity index (χ2n) is 7.46. The van der Waals surface area contributed by atoms with Gasteiger partial charge in [-0.3, -0.25) is 0 Å². The summed E-state index contributed by atoms with van der Waals surface area (Å²) in [5, 5.41) is 10.3. The van der Waals surface area contributed by atoms with E-state index in [0.29, 0.717) is 5.92 Å². The molecule has 2 aliphatic rings. The summed E-state index contributed by atoms with van der Waals surface area (Å²) in [5.74, 6) is 3.06. The molecule has 0 bridgehead atoms. The molecule has 1 saturated heterocycles. The zero-order chi connectivity index (χ0) is 13.8. The zero-order valence-corrected chi connectivity index (χ0v) is 13.1. The van der Waals surface area contributed by atoms with Gasteiger partial charge in [-0.25, -0.2) is 0 Å². The quantitative estimate of drug-likeness (QED) is 0.842. The van der Waals surface area contributed by atoms with Crippen molar-refractivity contribution in [3.8, 4) is 0 Å². The van der Waals surface area contributed by atoms with Gasteiger partial charge in [-0.15, -0.1) is 0 Å². The number of piperidine rings is 1. The van der Waals surface area contributed by atoms with Crippen molar-refractivity contribution in [3.05, 3.63) is 0 Å². The van der Waals surface area contributed by atoms with E-state index in [9.17, 15) is 5.11 Å². The molecule has 0 aromatic carbocycles. The Morgan fingerprint density at radius 2 is 1.74 bits per heavy atom.